The summed E-state index contributed by atoms with van der Waals surface area (Å²) in [5.41, 5.74) is 1.01. The highest BCUT2D eigenvalue weighted by molar-refractivity contribution is 7.13. The van der Waals surface area contributed by atoms with E-state index >= 15 is 0 Å². The van der Waals surface area contributed by atoms with Gasteiger partial charge in [-0.2, -0.15) is 0 Å². The fourth-order valence-electron chi connectivity index (χ4n) is 2.21. The molecule has 24 heavy (non-hydrogen) atoms. The second-order valence-electron chi connectivity index (χ2n) is 6.18. The van der Waals surface area contributed by atoms with E-state index in [1.54, 1.807) is 18.4 Å². The van der Waals surface area contributed by atoms with Crippen LogP contribution in [0.25, 0.3) is 0 Å². The van der Waals surface area contributed by atoms with E-state index in [0.717, 1.165) is 29.2 Å². The Bertz CT molecular complexity index is 657. The van der Waals surface area contributed by atoms with Gasteiger partial charge in [-0.15, -0.1) is 11.3 Å². The Morgan fingerprint density at radius 3 is 2.71 bits per heavy atom. The van der Waals surface area contributed by atoms with Crippen molar-refractivity contribution in [3.63, 3.8) is 0 Å². The molecule has 0 unspecified atom stereocenters. The molecule has 0 spiro atoms. The van der Waals surface area contributed by atoms with Gasteiger partial charge in [0, 0.05) is 45.5 Å². The third-order valence-corrected chi connectivity index (χ3v) is 4.42. The molecule has 0 aliphatic rings. The van der Waals surface area contributed by atoms with Crippen LogP contribution in [-0.2, 0) is 19.6 Å². The van der Waals surface area contributed by atoms with Gasteiger partial charge in [-0.1, -0.05) is 13.8 Å². The summed E-state index contributed by atoms with van der Waals surface area (Å²) in [5.74, 6) is 2.34. The number of thiazole rings is 1. The molecule has 0 bridgehead atoms. The molecule has 7 nitrogen and oxygen atoms in total. The van der Waals surface area contributed by atoms with Gasteiger partial charge in [-0.05, 0) is 5.92 Å². The summed E-state index contributed by atoms with van der Waals surface area (Å²) < 4.78 is 2.18. The van der Waals surface area contributed by atoms with Gasteiger partial charge in [0.05, 0.1) is 18.8 Å². The number of anilines is 1. The number of guanidine groups is 1. The summed E-state index contributed by atoms with van der Waals surface area (Å²) in [5, 5.41) is 9.66. The maximum Gasteiger partial charge on any atom is 0.191 e. The molecular weight excluding hydrogens is 322 g/mol. The Balaban J connectivity index is 1.85. The van der Waals surface area contributed by atoms with Gasteiger partial charge >= 0.3 is 0 Å². The minimum Gasteiger partial charge on any atom is -0.354 e. The zero-order valence-corrected chi connectivity index (χ0v) is 15.9. The molecule has 0 aromatic carbocycles. The molecule has 2 N–H and O–H groups in total. The topological polar surface area (TPSA) is 70.4 Å². The Kier molecular flexibility index (Phi) is 6.60. The predicted octanol–water partition coefficient (Wildman–Crippen LogP) is 1.93. The number of hydrogen-bond donors (Lipinski definition) is 2. The molecule has 0 aliphatic heterocycles. The van der Waals surface area contributed by atoms with E-state index in [9.17, 15) is 0 Å². The molecule has 0 radical (unpaired) electrons. The van der Waals surface area contributed by atoms with Gasteiger partial charge in [0.25, 0.3) is 0 Å². The highest BCUT2D eigenvalue weighted by atomic mass is 32.1. The average Bonchev–Trinajstić information content (AvgIpc) is 3.16. The first-order valence-corrected chi connectivity index (χ1v) is 8.93. The minimum atomic E-state index is 0.589. The van der Waals surface area contributed by atoms with Crippen molar-refractivity contribution in [1.82, 2.24) is 25.2 Å². The van der Waals surface area contributed by atoms with Crippen molar-refractivity contribution in [2.24, 2.45) is 10.9 Å². The first-order valence-electron chi connectivity index (χ1n) is 8.05. The van der Waals surface area contributed by atoms with Crippen molar-refractivity contribution in [3.05, 3.63) is 29.3 Å². The molecule has 2 heterocycles. The van der Waals surface area contributed by atoms with E-state index in [1.807, 2.05) is 31.4 Å². The van der Waals surface area contributed by atoms with Crippen LogP contribution < -0.4 is 15.5 Å². The zero-order valence-electron chi connectivity index (χ0n) is 15.1. The van der Waals surface area contributed by atoms with Crippen molar-refractivity contribution in [1.29, 1.82) is 0 Å². The van der Waals surface area contributed by atoms with Crippen LogP contribution in [0.15, 0.2) is 22.8 Å². The van der Waals surface area contributed by atoms with Crippen LogP contribution in [0, 0.1) is 5.92 Å². The first-order chi connectivity index (χ1) is 11.5. The van der Waals surface area contributed by atoms with E-state index in [0.29, 0.717) is 19.0 Å². The fourth-order valence-corrected chi connectivity index (χ4v) is 2.97. The molecule has 0 amide bonds. The van der Waals surface area contributed by atoms with Gasteiger partial charge in [0.1, 0.15) is 5.82 Å². The molecule has 0 fully saturated rings. The quantitative estimate of drug-likeness (QED) is 0.590. The lowest BCUT2D eigenvalue weighted by atomic mass is 10.2. The van der Waals surface area contributed by atoms with E-state index in [4.69, 9.17) is 0 Å². The van der Waals surface area contributed by atoms with Crippen molar-refractivity contribution >= 4 is 22.4 Å². The molecule has 0 saturated carbocycles. The van der Waals surface area contributed by atoms with Crippen LogP contribution in [0.1, 0.15) is 25.4 Å². The van der Waals surface area contributed by atoms with Crippen molar-refractivity contribution in [2.45, 2.75) is 33.5 Å². The summed E-state index contributed by atoms with van der Waals surface area (Å²) >= 11 is 1.64. The number of nitrogens with zero attached hydrogens (tertiary/aromatic N) is 5. The first kappa shape index (κ1) is 18.3. The molecule has 2 rings (SSSR count). The second kappa shape index (κ2) is 8.68. The molecule has 0 aliphatic carbocycles. The molecule has 2 aromatic rings. The normalized spacial score (nSPS) is 11.8. The van der Waals surface area contributed by atoms with Crippen LogP contribution in [0.2, 0.25) is 0 Å². The summed E-state index contributed by atoms with van der Waals surface area (Å²) in [7, 11) is 5.76. The van der Waals surface area contributed by atoms with E-state index < -0.39 is 0 Å². The van der Waals surface area contributed by atoms with Crippen LogP contribution in [0.5, 0.6) is 0 Å². The largest absolute Gasteiger partial charge is 0.354 e. The molecule has 0 atom stereocenters. The molecule has 0 saturated heterocycles. The van der Waals surface area contributed by atoms with Gasteiger partial charge < -0.3 is 20.1 Å². The predicted molar refractivity (Wildman–Crippen MR) is 101 cm³/mol. The average molecular weight is 350 g/mol. The lowest BCUT2D eigenvalue weighted by Crippen LogP contribution is -2.37. The second-order valence-corrected chi connectivity index (χ2v) is 7.02. The Labute approximate surface area is 147 Å². The smallest absolute Gasteiger partial charge is 0.191 e. The van der Waals surface area contributed by atoms with Crippen LogP contribution >= 0.6 is 11.3 Å². The Morgan fingerprint density at radius 1 is 1.33 bits per heavy atom. The Morgan fingerprint density at radius 2 is 2.08 bits per heavy atom. The number of rotatable bonds is 7. The molecular formula is C16H27N7S. The third-order valence-electron chi connectivity index (χ3n) is 3.36. The number of nitrogens with one attached hydrogen (secondary N) is 2. The van der Waals surface area contributed by atoms with Crippen LogP contribution in [0.4, 0.5) is 5.13 Å². The van der Waals surface area contributed by atoms with Gasteiger partial charge in [0.15, 0.2) is 11.1 Å². The Hall–Kier alpha value is -2.09. The summed E-state index contributed by atoms with van der Waals surface area (Å²) in [6, 6.07) is 0. The summed E-state index contributed by atoms with van der Waals surface area (Å²) in [6.45, 7) is 6.65. The monoisotopic (exact) mass is 349 g/mol. The van der Waals surface area contributed by atoms with E-state index in [1.165, 1.54) is 0 Å². The van der Waals surface area contributed by atoms with Crippen molar-refractivity contribution in [2.75, 3.05) is 26.0 Å². The summed E-state index contributed by atoms with van der Waals surface area (Å²) in [6.07, 6.45) is 3.86. The van der Waals surface area contributed by atoms with Crippen molar-refractivity contribution < 1.29 is 0 Å². The van der Waals surface area contributed by atoms with E-state index in [2.05, 4.69) is 49.4 Å². The van der Waals surface area contributed by atoms with Crippen LogP contribution in [0.3, 0.4) is 0 Å². The highest BCUT2D eigenvalue weighted by Crippen LogP contribution is 2.17. The number of hydrogen-bond acceptors (Lipinski definition) is 5. The lowest BCUT2D eigenvalue weighted by molar-refractivity contribution is 0.503. The minimum absolute atomic E-state index is 0.589. The highest BCUT2D eigenvalue weighted by Gasteiger charge is 2.07. The summed E-state index contributed by atoms with van der Waals surface area (Å²) in [4.78, 5) is 15.2. The number of aliphatic imine (C=N–C) groups is 1. The third kappa shape index (κ3) is 5.23. The maximum absolute atomic E-state index is 4.56. The van der Waals surface area contributed by atoms with Crippen LogP contribution in [-0.4, -0.2) is 41.6 Å². The number of imidazole rings is 1. The SMILES string of the molecule is CN=C(NCc1csc(N(C)C)n1)NCc1nccn1CC(C)C. The zero-order chi connectivity index (χ0) is 17.5. The van der Waals surface area contributed by atoms with Crippen molar-refractivity contribution in [3.8, 4) is 0 Å². The standard InChI is InChI=1S/C16H27N7S/c1-12(2)10-23-7-6-18-14(23)9-20-15(17-3)19-8-13-11-24-16(21-13)22(4)5/h6-7,11-12H,8-10H2,1-5H3,(H2,17,19,20). The van der Waals surface area contributed by atoms with Gasteiger partial charge in [-0.25, -0.2) is 9.97 Å². The molecule has 132 valence electrons. The van der Waals surface area contributed by atoms with Gasteiger partial charge in [0.2, 0.25) is 0 Å². The fraction of sp³-hybridized carbons (Fsp3) is 0.562. The number of aromatic nitrogens is 3. The molecule has 2 aromatic heterocycles. The lowest BCUT2D eigenvalue weighted by Gasteiger charge is -2.13. The van der Waals surface area contributed by atoms with E-state index in [-0.39, 0.29) is 0 Å². The molecule has 8 heteroatoms. The van der Waals surface area contributed by atoms with Gasteiger partial charge in [-0.3, -0.25) is 4.99 Å². The maximum atomic E-state index is 4.56.